The minimum absolute atomic E-state index is 0.329. The van der Waals surface area contributed by atoms with Crippen LogP contribution in [0.25, 0.3) is 0 Å². The van der Waals surface area contributed by atoms with E-state index in [1.807, 2.05) is 0 Å². The molecule has 2 heterocycles. The van der Waals surface area contributed by atoms with Gasteiger partial charge in [0.1, 0.15) is 5.82 Å². The Hall–Kier alpha value is -0.220. The molecule has 1 saturated carbocycles. The molecule has 5 heteroatoms. The molecule has 1 unspecified atom stereocenters. The predicted octanol–water partition coefficient (Wildman–Crippen LogP) is 3.09. The van der Waals surface area contributed by atoms with E-state index in [-0.39, 0.29) is 0 Å². The smallest absolute Gasteiger partial charge is 0.225 e. The second-order valence-electron chi connectivity index (χ2n) is 5.09. The quantitative estimate of drug-likeness (QED) is 0.834. The minimum atomic E-state index is 0.329. The van der Waals surface area contributed by atoms with Crippen molar-refractivity contribution in [3.05, 3.63) is 11.1 Å². The van der Waals surface area contributed by atoms with E-state index < -0.39 is 0 Å². The molecule has 0 aromatic carbocycles. The van der Waals surface area contributed by atoms with Crippen LogP contribution in [0, 0.1) is 0 Å². The summed E-state index contributed by atoms with van der Waals surface area (Å²) < 4.78 is 2.47. The van der Waals surface area contributed by atoms with E-state index in [0.717, 1.165) is 12.4 Å². The molecular formula is C11H16ClN3S. The molecule has 16 heavy (non-hydrogen) atoms. The second kappa shape index (κ2) is 3.91. The van der Waals surface area contributed by atoms with Crippen molar-refractivity contribution < 1.29 is 0 Å². The molecule has 88 valence electrons. The van der Waals surface area contributed by atoms with Crippen molar-refractivity contribution in [2.24, 2.45) is 0 Å². The van der Waals surface area contributed by atoms with Gasteiger partial charge in [-0.1, -0.05) is 0 Å². The normalized spacial score (nSPS) is 29.9. The average Bonchev–Trinajstić information content (AvgIpc) is 2.92. The molecule has 3 nitrogen and oxygen atoms in total. The second-order valence-corrected chi connectivity index (χ2v) is 7.11. The van der Waals surface area contributed by atoms with Gasteiger partial charge in [0.15, 0.2) is 0 Å². The first-order valence-corrected chi connectivity index (χ1v) is 7.27. The van der Waals surface area contributed by atoms with Gasteiger partial charge in [-0.2, -0.15) is 11.8 Å². The van der Waals surface area contributed by atoms with Crippen LogP contribution < -0.4 is 0 Å². The molecule has 1 aliphatic carbocycles. The molecule has 1 atom stereocenters. The van der Waals surface area contributed by atoms with Crippen molar-refractivity contribution >= 4 is 23.4 Å². The standard InChI is InChI=1S/C11H16ClN3S/c1-11(5-2-6-16-11)7-15-9(8-3-4-8)13-14-10(15)12/h8H,2-7H2,1H3. The highest BCUT2D eigenvalue weighted by Crippen LogP contribution is 2.43. The maximum Gasteiger partial charge on any atom is 0.225 e. The Labute approximate surface area is 105 Å². The van der Waals surface area contributed by atoms with Crippen molar-refractivity contribution in [2.45, 2.75) is 49.8 Å². The highest BCUT2D eigenvalue weighted by Gasteiger charge is 2.35. The number of thioether (sulfide) groups is 1. The zero-order valence-electron chi connectivity index (χ0n) is 9.45. The molecule has 2 fully saturated rings. The third-order valence-electron chi connectivity index (χ3n) is 3.47. The Morgan fingerprint density at radius 2 is 2.31 bits per heavy atom. The topological polar surface area (TPSA) is 30.7 Å². The summed E-state index contributed by atoms with van der Waals surface area (Å²) in [5, 5.41) is 8.81. The van der Waals surface area contributed by atoms with Gasteiger partial charge >= 0.3 is 0 Å². The lowest BCUT2D eigenvalue weighted by molar-refractivity contribution is 0.497. The van der Waals surface area contributed by atoms with Crippen LogP contribution in [0.4, 0.5) is 0 Å². The van der Waals surface area contributed by atoms with Crippen LogP contribution in [0.15, 0.2) is 0 Å². The van der Waals surface area contributed by atoms with Crippen molar-refractivity contribution in [1.29, 1.82) is 0 Å². The van der Waals surface area contributed by atoms with Gasteiger partial charge in [-0.05, 0) is 50.0 Å². The number of aromatic nitrogens is 3. The van der Waals surface area contributed by atoms with E-state index in [4.69, 9.17) is 11.6 Å². The fourth-order valence-corrected chi connectivity index (χ4v) is 3.86. The third kappa shape index (κ3) is 1.97. The lowest BCUT2D eigenvalue weighted by Crippen LogP contribution is -2.25. The van der Waals surface area contributed by atoms with Gasteiger partial charge in [0, 0.05) is 17.2 Å². The van der Waals surface area contributed by atoms with Gasteiger partial charge in [0.2, 0.25) is 5.28 Å². The fraction of sp³-hybridized carbons (Fsp3) is 0.818. The molecule has 3 rings (SSSR count). The van der Waals surface area contributed by atoms with Gasteiger partial charge in [-0.3, -0.25) is 0 Å². The molecular weight excluding hydrogens is 242 g/mol. The number of hydrogen-bond donors (Lipinski definition) is 0. The highest BCUT2D eigenvalue weighted by atomic mass is 35.5. The first-order valence-electron chi connectivity index (χ1n) is 5.90. The number of nitrogens with zero attached hydrogens (tertiary/aromatic N) is 3. The van der Waals surface area contributed by atoms with Crippen LogP contribution in [0.5, 0.6) is 0 Å². The summed E-state index contributed by atoms with van der Waals surface area (Å²) in [5.41, 5.74) is 0. The molecule has 2 aliphatic rings. The van der Waals surface area contributed by atoms with E-state index >= 15 is 0 Å². The van der Waals surface area contributed by atoms with Crippen LogP contribution in [0.3, 0.4) is 0 Å². The van der Waals surface area contributed by atoms with Crippen LogP contribution in [0.1, 0.15) is 44.3 Å². The molecule has 1 aliphatic heterocycles. The minimum Gasteiger partial charge on any atom is -0.300 e. The lowest BCUT2D eigenvalue weighted by atomic mass is 10.1. The summed E-state index contributed by atoms with van der Waals surface area (Å²) in [6.45, 7) is 3.30. The van der Waals surface area contributed by atoms with E-state index in [9.17, 15) is 0 Å². The Kier molecular flexibility index (Phi) is 2.67. The predicted molar refractivity (Wildman–Crippen MR) is 67.1 cm³/mol. The van der Waals surface area contributed by atoms with Gasteiger partial charge in [-0.15, -0.1) is 10.2 Å². The average molecular weight is 258 g/mol. The summed E-state index contributed by atoms with van der Waals surface area (Å²) in [7, 11) is 0. The van der Waals surface area contributed by atoms with E-state index in [1.165, 1.54) is 31.4 Å². The Morgan fingerprint density at radius 3 is 2.94 bits per heavy atom. The molecule has 1 aromatic heterocycles. The van der Waals surface area contributed by atoms with E-state index in [1.54, 1.807) is 0 Å². The summed E-state index contributed by atoms with van der Waals surface area (Å²) >= 11 is 8.19. The largest absolute Gasteiger partial charge is 0.300 e. The zero-order chi connectivity index (χ0) is 11.2. The molecule has 0 N–H and O–H groups in total. The Bertz CT molecular complexity index is 394. The maximum atomic E-state index is 6.14. The molecule has 1 aromatic rings. The molecule has 0 amide bonds. The van der Waals surface area contributed by atoms with Crippen molar-refractivity contribution in [3.8, 4) is 0 Å². The first-order chi connectivity index (χ1) is 7.68. The summed E-state index contributed by atoms with van der Waals surface area (Å²) in [6, 6.07) is 0. The van der Waals surface area contributed by atoms with Crippen molar-refractivity contribution in [2.75, 3.05) is 5.75 Å². The maximum absolute atomic E-state index is 6.14. The summed E-state index contributed by atoms with van der Waals surface area (Å²) in [6.07, 6.45) is 5.09. The first kappa shape index (κ1) is 10.9. The lowest BCUT2D eigenvalue weighted by Gasteiger charge is -2.24. The van der Waals surface area contributed by atoms with Gasteiger partial charge in [-0.25, -0.2) is 0 Å². The molecule has 0 radical (unpaired) electrons. The van der Waals surface area contributed by atoms with Crippen LogP contribution in [-0.4, -0.2) is 25.3 Å². The summed E-state index contributed by atoms with van der Waals surface area (Å²) in [5.74, 6) is 3.00. The fourth-order valence-electron chi connectivity index (χ4n) is 2.38. The monoisotopic (exact) mass is 257 g/mol. The highest BCUT2D eigenvalue weighted by molar-refractivity contribution is 8.00. The summed E-state index contributed by atoms with van der Waals surface area (Å²) in [4.78, 5) is 0. The van der Waals surface area contributed by atoms with E-state index in [2.05, 4.69) is 33.5 Å². The van der Waals surface area contributed by atoms with Crippen LogP contribution in [-0.2, 0) is 6.54 Å². The van der Waals surface area contributed by atoms with Crippen LogP contribution >= 0.6 is 23.4 Å². The number of hydrogen-bond acceptors (Lipinski definition) is 3. The van der Waals surface area contributed by atoms with Gasteiger partial charge in [0.05, 0.1) is 0 Å². The SMILES string of the molecule is CC1(Cn2c(Cl)nnc2C2CC2)CCCS1. The Morgan fingerprint density at radius 1 is 1.50 bits per heavy atom. The molecule has 1 saturated heterocycles. The van der Waals surface area contributed by atoms with Crippen molar-refractivity contribution in [3.63, 3.8) is 0 Å². The van der Waals surface area contributed by atoms with Gasteiger partial charge < -0.3 is 4.57 Å². The molecule has 0 spiro atoms. The Balaban J connectivity index is 1.84. The number of halogens is 1. The van der Waals surface area contributed by atoms with Crippen molar-refractivity contribution in [1.82, 2.24) is 14.8 Å². The molecule has 0 bridgehead atoms. The van der Waals surface area contributed by atoms with Gasteiger partial charge in [0.25, 0.3) is 0 Å². The number of rotatable bonds is 3. The zero-order valence-corrected chi connectivity index (χ0v) is 11.0. The van der Waals surface area contributed by atoms with E-state index in [0.29, 0.717) is 15.9 Å². The third-order valence-corrected chi connectivity index (χ3v) is 5.27. The van der Waals surface area contributed by atoms with Crippen LogP contribution in [0.2, 0.25) is 5.28 Å².